The molecule has 2 aliphatic heterocycles. The molecular weight excluding hydrogens is 463 g/mol. The lowest BCUT2D eigenvalue weighted by atomic mass is 9.99. The maximum absolute atomic E-state index is 14.4. The summed E-state index contributed by atoms with van der Waals surface area (Å²) in [6.07, 6.45) is 1.63. The highest BCUT2D eigenvalue weighted by Gasteiger charge is 2.43. The van der Waals surface area contributed by atoms with E-state index in [1.54, 1.807) is 18.2 Å². The van der Waals surface area contributed by atoms with E-state index in [-0.39, 0.29) is 17.3 Å². The molecule has 5 nitrogen and oxygen atoms in total. The number of rotatable bonds is 4. The quantitative estimate of drug-likeness (QED) is 0.462. The molecule has 7 heteroatoms. The normalized spacial score (nSPS) is 24.3. The van der Waals surface area contributed by atoms with Crippen molar-refractivity contribution < 1.29 is 17.5 Å². The van der Waals surface area contributed by atoms with Crippen LogP contribution in [0.25, 0.3) is 0 Å². The van der Waals surface area contributed by atoms with Crippen LogP contribution in [0.2, 0.25) is 0 Å². The minimum absolute atomic E-state index is 0.0537. The predicted octanol–water partition coefficient (Wildman–Crippen LogP) is 5.78. The summed E-state index contributed by atoms with van der Waals surface area (Å²) in [6, 6.07) is 20.8. The SMILES string of the molecule is CC1CCCN(c2cccc3c2S(=O)(=O)N(Cc2cccc(F)c2)[C@@H](C)[C@H](c2ccccc2)O3)C1. The Morgan fingerprint density at radius 1 is 1.00 bits per heavy atom. The van der Waals surface area contributed by atoms with E-state index in [0.717, 1.165) is 31.5 Å². The molecule has 0 spiro atoms. The summed E-state index contributed by atoms with van der Waals surface area (Å²) in [4.78, 5) is 2.37. The van der Waals surface area contributed by atoms with Crippen LogP contribution in [0.5, 0.6) is 5.75 Å². The highest BCUT2D eigenvalue weighted by molar-refractivity contribution is 7.89. The fraction of sp³-hybridized carbons (Fsp3) is 0.357. The molecule has 184 valence electrons. The molecule has 3 aromatic rings. The Morgan fingerprint density at radius 3 is 2.51 bits per heavy atom. The number of ether oxygens (including phenoxy) is 1. The monoisotopic (exact) mass is 494 g/mol. The molecule has 0 radical (unpaired) electrons. The summed E-state index contributed by atoms with van der Waals surface area (Å²) in [7, 11) is -3.97. The molecule has 0 aromatic heterocycles. The average molecular weight is 495 g/mol. The first-order valence-electron chi connectivity index (χ1n) is 12.2. The van der Waals surface area contributed by atoms with Crippen LogP contribution in [0.4, 0.5) is 10.1 Å². The number of nitrogens with zero attached hydrogens (tertiary/aromatic N) is 2. The van der Waals surface area contributed by atoms with Crippen LogP contribution in [-0.2, 0) is 16.6 Å². The fourth-order valence-electron chi connectivity index (χ4n) is 5.27. The van der Waals surface area contributed by atoms with Crippen molar-refractivity contribution in [3.05, 3.63) is 89.7 Å². The summed E-state index contributed by atoms with van der Waals surface area (Å²) in [6.45, 7) is 5.72. The third-order valence-electron chi connectivity index (χ3n) is 7.02. The molecule has 1 saturated heterocycles. The van der Waals surface area contributed by atoms with E-state index in [4.69, 9.17) is 4.74 Å². The number of anilines is 1. The summed E-state index contributed by atoms with van der Waals surface area (Å²) in [5.74, 6) is 0.457. The molecule has 2 aliphatic rings. The third-order valence-corrected chi connectivity index (χ3v) is 9.03. The van der Waals surface area contributed by atoms with Gasteiger partial charge < -0.3 is 9.64 Å². The van der Waals surface area contributed by atoms with Crippen molar-refractivity contribution >= 4 is 15.7 Å². The fourth-order valence-corrected chi connectivity index (χ4v) is 7.20. The van der Waals surface area contributed by atoms with E-state index in [1.807, 2.05) is 49.4 Å². The zero-order valence-electron chi connectivity index (χ0n) is 20.1. The minimum atomic E-state index is -3.97. The van der Waals surface area contributed by atoms with Crippen molar-refractivity contribution in [2.24, 2.45) is 5.92 Å². The molecule has 0 saturated carbocycles. The van der Waals surface area contributed by atoms with Crippen LogP contribution < -0.4 is 9.64 Å². The molecule has 0 amide bonds. The Hall–Kier alpha value is -2.90. The van der Waals surface area contributed by atoms with Gasteiger partial charge in [-0.25, -0.2) is 12.8 Å². The van der Waals surface area contributed by atoms with Gasteiger partial charge in [0.2, 0.25) is 10.0 Å². The highest BCUT2D eigenvalue weighted by Crippen LogP contribution is 2.44. The predicted molar refractivity (Wildman–Crippen MR) is 135 cm³/mol. The maximum Gasteiger partial charge on any atom is 0.249 e. The molecule has 5 rings (SSSR count). The Morgan fingerprint density at radius 2 is 1.77 bits per heavy atom. The number of piperidine rings is 1. The van der Waals surface area contributed by atoms with Crippen molar-refractivity contribution in [2.75, 3.05) is 18.0 Å². The summed E-state index contributed by atoms with van der Waals surface area (Å²) in [5.41, 5.74) is 2.17. The van der Waals surface area contributed by atoms with Crippen molar-refractivity contribution in [3.63, 3.8) is 0 Å². The molecular formula is C28H31FN2O3S. The number of hydrogen-bond donors (Lipinski definition) is 0. The van der Waals surface area contributed by atoms with Gasteiger partial charge in [0, 0.05) is 19.6 Å². The average Bonchev–Trinajstić information content (AvgIpc) is 2.93. The van der Waals surface area contributed by atoms with E-state index in [0.29, 0.717) is 22.9 Å². The van der Waals surface area contributed by atoms with Gasteiger partial charge >= 0.3 is 0 Å². The van der Waals surface area contributed by atoms with Gasteiger partial charge in [-0.2, -0.15) is 4.31 Å². The molecule has 35 heavy (non-hydrogen) atoms. The van der Waals surface area contributed by atoms with E-state index in [2.05, 4.69) is 11.8 Å². The van der Waals surface area contributed by atoms with Crippen molar-refractivity contribution in [2.45, 2.75) is 50.3 Å². The number of sulfonamides is 1. The van der Waals surface area contributed by atoms with Crippen molar-refractivity contribution in [1.29, 1.82) is 0 Å². The standard InChI is InChI=1S/C28H31FN2O3S/c1-20-9-8-16-30(18-20)25-14-7-15-26-28(25)35(32,33)31(19-22-10-6-13-24(29)17-22)21(2)27(34-26)23-11-4-3-5-12-23/h3-7,10-15,17,20-21,27H,8-9,16,18-19H2,1-2H3/t20?,21-,27+/m0/s1. The molecule has 0 bridgehead atoms. The Kier molecular flexibility index (Phi) is 6.55. The third kappa shape index (κ3) is 4.67. The molecule has 2 heterocycles. The van der Waals surface area contributed by atoms with Crippen LogP contribution >= 0.6 is 0 Å². The second-order valence-corrected chi connectivity index (χ2v) is 11.5. The first-order chi connectivity index (χ1) is 16.8. The summed E-state index contributed by atoms with van der Waals surface area (Å²) < 4.78 is 50.8. The van der Waals surface area contributed by atoms with Gasteiger partial charge in [0.1, 0.15) is 22.6 Å². The minimum Gasteiger partial charge on any atom is -0.483 e. The Bertz CT molecular complexity index is 1300. The zero-order valence-corrected chi connectivity index (χ0v) is 20.9. The van der Waals surface area contributed by atoms with Crippen LogP contribution in [0.3, 0.4) is 0 Å². The second kappa shape index (κ2) is 9.63. The zero-order chi connectivity index (χ0) is 24.6. The lowest BCUT2D eigenvalue weighted by molar-refractivity contribution is 0.124. The van der Waals surface area contributed by atoms with Gasteiger partial charge in [0.15, 0.2) is 0 Å². The second-order valence-electron chi connectivity index (χ2n) is 9.67. The van der Waals surface area contributed by atoms with Gasteiger partial charge in [0.05, 0.1) is 11.7 Å². The van der Waals surface area contributed by atoms with Crippen LogP contribution in [-0.4, -0.2) is 31.9 Å². The molecule has 1 fully saturated rings. The van der Waals surface area contributed by atoms with E-state index >= 15 is 0 Å². The number of benzene rings is 3. The van der Waals surface area contributed by atoms with Crippen molar-refractivity contribution in [3.8, 4) is 5.75 Å². The molecule has 0 N–H and O–H groups in total. The van der Waals surface area contributed by atoms with Crippen LogP contribution in [0.15, 0.2) is 77.7 Å². The number of fused-ring (bicyclic) bond motifs is 1. The summed E-state index contributed by atoms with van der Waals surface area (Å²) >= 11 is 0. The lowest BCUT2D eigenvalue weighted by Gasteiger charge is -2.35. The van der Waals surface area contributed by atoms with E-state index < -0.39 is 22.2 Å². The first kappa shape index (κ1) is 23.8. The van der Waals surface area contributed by atoms with E-state index in [9.17, 15) is 12.8 Å². The number of halogens is 1. The topological polar surface area (TPSA) is 49.9 Å². The first-order valence-corrected chi connectivity index (χ1v) is 13.6. The lowest BCUT2D eigenvalue weighted by Crippen LogP contribution is -2.41. The maximum atomic E-state index is 14.4. The molecule has 3 aromatic carbocycles. The summed E-state index contributed by atoms with van der Waals surface area (Å²) in [5, 5.41) is 0. The van der Waals surface area contributed by atoms with Gasteiger partial charge in [-0.1, -0.05) is 55.5 Å². The van der Waals surface area contributed by atoms with Crippen LogP contribution in [0.1, 0.15) is 43.9 Å². The Labute approximate surface area is 207 Å². The Balaban J connectivity index is 1.67. The highest BCUT2D eigenvalue weighted by atomic mass is 32.2. The van der Waals surface area contributed by atoms with Gasteiger partial charge in [-0.3, -0.25) is 0 Å². The van der Waals surface area contributed by atoms with E-state index in [1.165, 1.54) is 16.4 Å². The number of hydrogen-bond acceptors (Lipinski definition) is 4. The molecule has 3 atom stereocenters. The molecule has 1 unspecified atom stereocenters. The van der Waals surface area contributed by atoms with Gasteiger partial charge in [-0.05, 0) is 61.1 Å². The van der Waals surface area contributed by atoms with Crippen LogP contribution in [0, 0.1) is 11.7 Å². The van der Waals surface area contributed by atoms with Gasteiger partial charge in [-0.15, -0.1) is 0 Å². The van der Waals surface area contributed by atoms with Gasteiger partial charge in [0.25, 0.3) is 0 Å². The largest absolute Gasteiger partial charge is 0.483 e. The van der Waals surface area contributed by atoms with Crippen molar-refractivity contribution in [1.82, 2.24) is 4.31 Å². The smallest absolute Gasteiger partial charge is 0.249 e. The molecule has 0 aliphatic carbocycles.